The number of carbonyl (C=O) groups is 2. The quantitative estimate of drug-likeness (QED) is 0.874. The Hall–Kier alpha value is -2.04. The van der Waals surface area contributed by atoms with Crippen molar-refractivity contribution in [3.63, 3.8) is 0 Å². The van der Waals surface area contributed by atoms with E-state index in [0.717, 1.165) is 12.1 Å². The van der Waals surface area contributed by atoms with Crippen LogP contribution >= 0.6 is 0 Å². The molecular formula is C20H30N2O3. The molecule has 0 fully saturated rings. The lowest BCUT2D eigenvalue weighted by atomic mass is 9.92. The van der Waals surface area contributed by atoms with Gasteiger partial charge in [-0.25, -0.2) is 0 Å². The summed E-state index contributed by atoms with van der Waals surface area (Å²) in [6.45, 7) is 12.8. The summed E-state index contributed by atoms with van der Waals surface area (Å²) in [6, 6.07) is 5.51. The number of anilines is 2. The summed E-state index contributed by atoms with van der Waals surface area (Å²) in [6.07, 6.45) is 0.924. The zero-order valence-corrected chi connectivity index (χ0v) is 16.2. The number of fused-ring (bicyclic) bond motifs is 1. The minimum Gasteiger partial charge on any atom is -0.490 e. The standard InChI is InChI=1S/C20H30N2O3/c1-13(2)9-10-22-16-8-7-15(21-18(23)14(3)4)11-17(16)25-12-20(5,6)19(22)24/h7-8,11,13-14H,9-10,12H2,1-6H3,(H,21,23). The summed E-state index contributed by atoms with van der Waals surface area (Å²) in [5.41, 5.74) is 0.879. The van der Waals surface area contributed by atoms with Gasteiger partial charge in [-0.1, -0.05) is 27.7 Å². The highest BCUT2D eigenvalue weighted by atomic mass is 16.5. The van der Waals surface area contributed by atoms with E-state index in [9.17, 15) is 9.59 Å². The fourth-order valence-corrected chi connectivity index (χ4v) is 2.62. The summed E-state index contributed by atoms with van der Waals surface area (Å²) < 4.78 is 5.94. The Bertz CT molecular complexity index is 650. The number of nitrogens with zero attached hydrogens (tertiary/aromatic N) is 1. The van der Waals surface area contributed by atoms with Crippen molar-refractivity contribution < 1.29 is 14.3 Å². The topological polar surface area (TPSA) is 58.6 Å². The second-order valence-electron chi connectivity index (χ2n) is 8.14. The Balaban J connectivity index is 2.35. The molecule has 1 aromatic carbocycles. The molecule has 0 atom stereocenters. The fourth-order valence-electron chi connectivity index (χ4n) is 2.62. The van der Waals surface area contributed by atoms with Gasteiger partial charge in [0.05, 0.1) is 11.1 Å². The Labute approximate surface area is 150 Å². The Kier molecular flexibility index (Phi) is 5.76. The van der Waals surface area contributed by atoms with E-state index in [1.54, 1.807) is 0 Å². The third-order valence-electron chi connectivity index (χ3n) is 4.39. The van der Waals surface area contributed by atoms with Crippen molar-refractivity contribution in [2.75, 3.05) is 23.4 Å². The van der Waals surface area contributed by atoms with Gasteiger partial charge in [-0.2, -0.15) is 0 Å². The van der Waals surface area contributed by atoms with E-state index in [1.165, 1.54) is 0 Å². The molecular weight excluding hydrogens is 316 g/mol. The van der Waals surface area contributed by atoms with Crippen molar-refractivity contribution >= 4 is 23.2 Å². The van der Waals surface area contributed by atoms with E-state index in [2.05, 4.69) is 19.2 Å². The summed E-state index contributed by atoms with van der Waals surface area (Å²) in [5.74, 6) is 1.09. The molecule has 0 spiro atoms. The number of benzene rings is 1. The van der Waals surface area contributed by atoms with Gasteiger partial charge in [-0.15, -0.1) is 0 Å². The maximum Gasteiger partial charge on any atom is 0.236 e. The predicted molar refractivity (Wildman–Crippen MR) is 101 cm³/mol. The molecule has 0 aromatic heterocycles. The van der Waals surface area contributed by atoms with Gasteiger partial charge in [0.15, 0.2) is 0 Å². The highest BCUT2D eigenvalue weighted by Gasteiger charge is 2.37. The number of rotatable bonds is 5. The minimum absolute atomic E-state index is 0.0401. The van der Waals surface area contributed by atoms with Gasteiger partial charge in [-0.3, -0.25) is 9.59 Å². The van der Waals surface area contributed by atoms with Crippen molar-refractivity contribution in [1.29, 1.82) is 0 Å². The molecule has 1 aromatic rings. The summed E-state index contributed by atoms with van der Waals surface area (Å²) in [7, 11) is 0. The highest BCUT2D eigenvalue weighted by molar-refractivity contribution is 6.00. The second kappa shape index (κ2) is 7.46. The van der Waals surface area contributed by atoms with Gasteiger partial charge < -0.3 is 15.0 Å². The molecule has 5 heteroatoms. The molecule has 2 amide bonds. The first-order valence-electron chi connectivity index (χ1n) is 9.01. The monoisotopic (exact) mass is 346 g/mol. The third kappa shape index (κ3) is 4.53. The molecule has 0 unspecified atom stereocenters. The molecule has 0 saturated carbocycles. The largest absolute Gasteiger partial charge is 0.490 e. The molecule has 1 N–H and O–H groups in total. The zero-order valence-electron chi connectivity index (χ0n) is 16.2. The van der Waals surface area contributed by atoms with E-state index in [-0.39, 0.29) is 17.7 Å². The zero-order chi connectivity index (χ0) is 18.8. The first-order valence-corrected chi connectivity index (χ1v) is 9.01. The fraction of sp³-hybridized carbons (Fsp3) is 0.600. The van der Waals surface area contributed by atoms with E-state index < -0.39 is 5.41 Å². The van der Waals surface area contributed by atoms with E-state index in [0.29, 0.717) is 30.5 Å². The average Bonchev–Trinajstić information content (AvgIpc) is 2.61. The van der Waals surface area contributed by atoms with Crippen LogP contribution in [0.4, 0.5) is 11.4 Å². The van der Waals surface area contributed by atoms with Gasteiger partial charge in [0.1, 0.15) is 12.4 Å². The van der Waals surface area contributed by atoms with Crippen molar-refractivity contribution in [1.82, 2.24) is 0 Å². The average molecular weight is 346 g/mol. The van der Waals surface area contributed by atoms with Crippen molar-refractivity contribution in [2.24, 2.45) is 17.3 Å². The molecule has 0 radical (unpaired) electrons. The third-order valence-corrected chi connectivity index (χ3v) is 4.39. The number of ether oxygens (including phenoxy) is 1. The van der Waals surface area contributed by atoms with Gasteiger partial charge in [0.25, 0.3) is 0 Å². The Morgan fingerprint density at radius 2 is 1.96 bits per heavy atom. The van der Waals surface area contributed by atoms with E-state index >= 15 is 0 Å². The predicted octanol–water partition coefficient (Wildman–Crippen LogP) is 4.08. The van der Waals surface area contributed by atoms with Crippen LogP contribution in [-0.2, 0) is 9.59 Å². The summed E-state index contributed by atoms with van der Waals surface area (Å²) >= 11 is 0. The summed E-state index contributed by atoms with van der Waals surface area (Å²) in [5, 5.41) is 2.89. The normalized spacial score (nSPS) is 16.5. The molecule has 2 rings (SSSR count). The second-order valence-corrected chi connectivity index (χ2v) is 8.14. The molecule has 1 aliphatic rings. The minimum atomic E-state index is -0.586. The molecule has 0 aliphatic carbocycles. The number of hydrogen-bond donors (Lipinski definition) is 1. The van der Waals surface area contributed by atoms with Crippen LogP contribution in [0.15, 0.2) is 18.2 Å². The molecule has 1 heterocycles. The first-order chi connectivity index (χ1) is 11.6. The van der Waals surface area contributed by atoms with Crippen LogP contribution in [0.1, 0.15) is 48.0 Å². The van der Waals surface area contributed by atoms with E-state index in [1.807, 2.05) is 50.8 Å². The van der Waals surface area contributed by atoms with Crippen molar-refractivity contribution in [2.45, 2.75) is 48.0 Å². The number of amides is 2. The van der Waals surface area contributed by atoms with Crippen LogP contribution in [0.2, 0.25) is 0 Å². The summed E-state index contributed by atoms with van der Waals surface area (Å²) in [4.78, 5) is 26.7. The molecule has 0 saturated heterocycles. The van der Waals surface area contributed by atoms with Gasteiger partial charge in [0.2, 0.25) is 11.8 Å². The molecule has 1 aliphatic heterocycles. The number of nitrogens with one attached hydrogen (secondary N) is 1. The number of hydrogen-bond acceptors (Lipinski definition) is 3. The van der Waals surface area contributed by atoms with Crippen LogP contribution in [0.5, 0.6) is 5.75 Å². The smallest absolute Gasteiger partial charge is 0.236 e. The maximum atomic E-state index is 13.0. The van der Waals surface area contributed by atoms with Gasteiger partial charge >= 0.3 is 0 Å². The lowest BCUT2D eigenvalue weighted by Gasteiger charge is -2.28. The van der Waals surface area contributed by atoms with Crippen molar-refractivity contribution in [3.8, 4) is 5.75 Å². The SMILES string of the molecule is CC(C)CCN1C(=O)C(C)(C)COc2cc(NC(=O)C(C)C)ccc21. The molecule has 138 valence electrons. The lowest BCUT2D eigenvalue weighted by molar-refractivity contribution is -0.127. The van der Waals surface area contributed by atoms with Crippen LogP contribution in [0.3, 0.4) is 0 Å². The van der Waals surface area contributed by atoms with E-state index in [4.69, 9.17) is 4.74 Å². The first kappa shape index (κ1) is 19.3. The molecule has 25 heavy (non-hydrogen) atoms. The highest BCUT2D eigenvalue weighted by Crippen LogP contribution is 2.38. The Morgan fingerprint density at radius 3 is 2.56 bits per heavy atom. The van der Waals surface area contributed by atoms with Crippen LogP contribution in [-0.4, -0.2) is 25.0 Å². The van der Waals surface area contributed by atoms with Crippen LogP contribution in [0.25, 0.3) is 0 Å². The van der Waals surface area contributed by atoms with Crippen LogP contribution in [0, 0.1) is 17.3 Å². The maximum absolute atomic E-state index is 13.0. The Morgan fingerprint density at radius 1 is 1.28 bits per heavy atom. The van der Waals surface area contributed by atoms with Gasteiger partial charge in [0, 0.05) is 24.2 Å². The van der Waals surface area contributed by atoms with Crippen molar-refractivity contribution in [3.05, 3.63) is 18.2 Å². The molecule has 5 nitrogen and oxygen atoms in total. The van der Waals surface area contributed by atoms with Gasteiger partial charge in [-0.05, 0) is 38.3 Å². The molecule has 0 bridgehead atoms. The number of carbonyl (C=O) groups excluding carboxylic acids is 2. The lowest BCUT2D eigenvalue weighted by Crippen LogP contribution is -2.42. The van der Waals surface area contributed by atoms with Crippen LogP contribution < -0.4 is 15.0 Å².